The highest BCUT2D eigenvalue weighted by atomic mass is 16.3. The van der Waals surface area contributed by atoms with Crippen LogP contribution in [0, 0.1) is 11.8 Å². The Morgan fingerprint density at radius 3 is 2.38 bits per heavy atom. The molecular formula is C17H21N3O. The third-order valence-corrected chi connectivity index (χ3v) is 4.73. The molecule has 4 nitrogen and oxygen atoms in total. The molecule has 0 N–H and O–H groups in total. The molecule has 0 amide bonds. The maximum atomic E-state index is 5.46. The highest BCUT2D eigenvalue weighted by Crippen LogP contribution is 2.32. The number of furan rings is 1. The number of rotatable bonds is 4. The van der Waals surface area contributed by atoms with Crippen LogP contribution in [0.15, 0.2) is 47.3 Å². The number of hydrogen-bond donors (Lipinski definition) is 0. The molecule has 0 spiro atoms. The van der Waals surface area contributed by atoms with Crippen molar-refractivity contribution in [2.24, 2.45) is 11.8 Å². The van der Waals surface area contributed by atoms with Gasteiger partial charge < -0.3 is 4.42 Å². The Bertz CT molecular complexity index is 555. The second-order valence-corrected chi connectivity index (χ2v) is 6.35. The number of aromatic nitrogens is 1. The lowest BCUT2D eigenvalue weighted by atomic mass is 10.0. The van der Waals surface area contributed by atoms with Crippen LogP contribution in [-0.4, -0.2) is 41.0 Å². The van der Waals surface area contributed by atoms with E-state index >= 15 is 0 Å². The Hall–Kier alpha value is -1.65. The quantitative estimate of drug-likeness (QED) is 0.861. The van der Waals surface area contributed by atoms with Gasteiger partial charge in [0.15, 0.2) is 0 Å². The first-order chi connectivity index (χ1) is 10.4. The Labute approximate surface area is 125 Å². The monoisotopic (exact) mass is 283 g/mol. The summed E-state index contributed by atoms with van der Waals surface area (Å²) in [6.07, 6.45) is 5.59. The highest BCUT2D eigenvalue weighted by molar-refractivity contribution is 5.09. The molecule has 2 aromatic heterocycles. The van der Waals surface area contributed by atoms with Crippen LogP contribution in [-0.2, 0) is 13.1 Å². The molecule has 2 fully saturated rings. The van der Waals surface area contributed by atoms with Crippen molar-refractivity contribution in [3.8, 4) is 0 Å². The summed E-state index contributed by atoms with van der Waals surface area (Å²) in [5.74, 6) is 2.72. The molecule has 0 bridgehead atoms. The first-order valence-corrected chi connectivity index (χ1v) is 7.73. The average molecular weight is 283 g/mol. The minimum absolute atomic E-state index is 0.816. The lowest BCUT2D eigenvalue weighted by Gasteiger charge is -2.20. The smallest absolute Gasteiger partial charge is 0.117 e. The fourth-order valence-corrected chi connectivity index (χ4v) is 3.82. The summed E-state index contributed by atoms with van der Waals surface area (Å²) in [6, 6.07) is 8.24. The van der Waals surface area contributed by atoms with E-state index in [-0.39, 0.29) is 0 Å². The van der Waals surface area contributed by atoms with E-state index in [0.717, 1.165) is 30.7 Å². The van der Waals surface area contributed by atoms with Gasteiger partial charge in [-0.25, -0.2) is 0 Å². The first kappa shape index (κ1) is 13.0. The van der Waals surface area contributed by atoms with E-state index < -0.39 is 0 Å². The van der Waals surface area contributed by atoms with Crippen molar-refractivity contribution in [2.45, 2.75) is 13.1 Å². The van der Waals surface area contributed by atoms with Crippen LogP contribution in [0.1, 0.15) is 11.3 Å². The summed E-state index contributed by atoms with van der Waals surface area (Å²) >= 11 is 0. The van der Waals surface area contributed by atoms with Crippen LogP contribution in [0.3, 0.4) is 0 Å². The van der Waals surface area contributed by atoms with E-state index in [1.54, 1.807) is 6.26 Å². The Morgan fingerprint density at radius 2 is 1.76 bits per heavy atom. The number of nitrogens with zero attached hydrogens (tertiary/aromatic N) is 3. The van der Waals surface area contributed by atoms with Crippen molar-refractivity contribution in [2.75, 3.05) is 26.2 Å². The number of fused-ring (bicyclic) bond motifs is 1. The zero-order valence-electron chi connectivity index (χ0n) is 12.2. The topological polar surface area (TPSA) is 32.5 Å². The first-order valence-electron chi connectivity index (χ1n) is 7.73. The highest BCUT2D eigenvalue weighted by Gasteiger charge is 2.39. The molecule has 2 aromatic rings. The molecule has 4 heteroatoms. The third-order valence-electron chi connectivity index (χ3n) is 4.73. The number of likely N-dealkylation sites (tertiary alicyclic amines) is 2. The van der Waals surface area contributed by atoms with Crippen LogP contribution in [0.25, 0.3) is 0 Å². The fraction of sp³-hybridized carbons (Fsp3) is 0.471. The predicted molar refractivity (Wildman–Crippen MR) is 80.5 cm³/mol. The van der Waals surface area contributed by atoms with E-state index in [9.17, 15) is 0 Å². The van der Waals surface area contributed by atoms with E-state index in [1.165, 1.54) is 31.7 Å². The largest absolute Gasteiger partial charge is 0.468 e. The van der Waals surface area contributed by atoms with E-state index in [1.807, 2.05) is 24.5 Å². The summed E-state index contributed by atoms with van der Waals surface area (Å²) in [4.78, 5) is 9.32. The molecule has 2 atom stereocenters. The molecule has 0 radical (unpaired) electrons. The Morgan fingerprint density at radius 1 is 1.00 bits per heavy atom. The standard InChI is InChI=1S/C17H21N3O/c1-3-14(7-18-5-1)8-19-9-15-11-20(12-16(15)10-19)13-17-4-2-6-21-17/h1-7,15-16H,8-13H2/t15-,16+. The summed E-state index contributed by atoms with van der Waals surface area (Å²) < 4.78 is 5.46. The van der Waals surface area contributed by atoms with Crippen molar-refractivity contribution in [3.05, 3.63) is 54.2 Å². The second kappa shape index (κ2) is 5.62. The van der Waals surface area contributed by atoms with Gasteiger partial charge in [0, 0.05) is 45.1 Å². The van der Waals surface area contributed by atoms with Gasteiger partial charge in [-0.05, 0) is 35.6 Å². The molecule has 4 rings (SSSR count). The van der Waals surface area contributed by atoms with Crippen LogP contribution in [0.2, 0.25) is 0 Å². The molecular weight excluding hydrogens is 262 g/mol. The molecule has 0 unspecified atom stereocenters. The number of pyridine rings is 1. The molecule has 2 saturated heterocycles. The third kappa shape index (κ3) is 2.87. The van der Waals surface area contributed by atoms with E-state index in [2.05, 4.69) is 26.9 Å². The van der Waals surface area contributed by atoms with E-state index in [4.69, 9.17) is 4.42 Å². The van der Waals surface area contributed by atoms with Gasteiger partial charge in [0.05, 0.1) is 12.8 Å². The molecule has 0 saturated carbocycles. The minimum Gasteiger partial charge on any atom is -0.468 e. The summed E-state index contributed by atoms with van der Waals surface area (Å²) in [5, 5.41) is 0. The maximum absolute atomic E-state index is 5.46. The lowest BCUT2D eigenvalue weighted by Crippen LogP contribution is -2.28. The molecule has 0 aliphatic carbocycles. The molecule has 4 heterocycles. The van der Waals surface area contributed by atoms with E-state index in [0.29, 0.717) is 0 Å². The normalized spacial score (nSPS) is 26.3. The predicted octanol–water partition coefficient (Wildman–Crippen LogP) is 2.24. The van der Waals surface area contributed by atoms with Gasteiger partial charge in [0.25, 0.3) is 0 Å². The SMILES string of the molecule is c1cncc(CN2C[C@@H]3CN(Cc4ccco4)C[C@@H]3C2)c1. The molecule has 110 valence electrons. The fourth-order valence-electron chi connectivity index (χ4n) is 3.82. The lowest BCUT2D eigenvalue weighted by molar-refractivity contribution is 0.234. The summed E-state index contributed by atoms with van der Waals surface area (Å²) in [6.45, 7) is 6.84. The second-order valence-electron chi connectivity index (χ2n) is 6.35. The number of hydrogen-bond acceptors (Lipinski definition) is 4. The van der Waals surface area contributed by atoms with Gasteiger partial charge in [-0.3, -0.25) is 14.8 Å². The summed E-state index contributed by atoms with van der Waals surface area (Å²) in [7, 11) is 0. The molecule has 2 aliphatic heterocycles. The zero-order chi connectivity index (χ0) is 14.1. The van der Waals surface area contributed by atoms with Crippen molar-refractivity contribution in [1.82, 2.24) is 14.8 Å². The van der Waals surface area contributed by atoms with Gasteiger partial charge >= 0.3 is 0 Å². The van der Waals surface area contributed by atoms with Crippen LogP contribution < -0.4 is 0 Å². The van der Waals surface area contributed by atoms with Gasteiger partial charge in [-0.15, -0.1) is 0 Å². The minimum atomic E-state index is 0.816. The van der Waals surface area contributed by atoms with Crippen LogP contribution in [0.4, 0.5) is 0 Å². The van der Waals surface area contributed by atoms with Gasteiger partial charge in [0.1, 0.15) is 5.76 Å². The van der Waals surface area contributed by atoms with Crippen molar-refractivity contribution < 1.29 is 4.42 Å². The maximum Gasteiger partial charge on any atom is 0.117 e. The molecule has 21 heavy (non-hydrogen) atoms. The summed E-state index contributed by atoms with van der Waals surface area (Å²) in [5.41, 5.74) is 1.32. The molecule has 2 aliphatic rings. The zero-order valence-corrected chi connectivity index (χ0v) is 12.2. The van der Waals surface area contributed by atoms with Gasteiger partial charge in [0.2, 0.25) is 0 Å². The van der Waals surface area contributed by atoms with Gasteiger partial charge in [-0.1, -0.05) is 6.07 Å². The van der Waals surface area contributed by atoms with Crippen LogP contribution >= 0.6 is 0 Å². The van der Waals surface area contributed by atoms with Crippen molar-refractivity contribution in [1.29, 1.82) is 0 Å². The molecule has 0 aromatic carbocycles. The Kier molecular flexibility index (Phi) is 3.49. The average Bonchev–Trinajstić information content (AvgIpc) is 3.17. The van der Waals surface area contributed by atoms with Crippen molar-refractivity contribution >= 4 is 0 Å². The Balaban J connectivity index is 1.31. The van der Waals surface area contributed by atoms with Crippen molar-refractivity contribution in [3.63, 3.8) is 0 Å². The van der Waals surface area contributed by atoms with Gasteiger partial charge in [-0.2, -0.15) is 0 Å². The van der Waals surface area contributed by atoms with Crippen LogP contribution in [0.5, 0.6) is 0 Å².